The second-order valence-electron chi connectivity index (χ2n) is 8.31. The number of hydrogen-bond donors (Lipinski definition) is 1. The number of fused-ring (bicyclic) bond motifs is 1. The molecule has 1 aliphatic rings. The Balaban J connectivity index is 1.24. The number of rotatable bonds is 7. The van der Waals surface area contributed by atoms with Crippen LogP contribution in [0.4, 0.5) is 0 Å². The average molecular weight is 484 g/mol. The summed E-state index contributed by atoms with van der Waals surface area (Å²) in [6.07, 6.45) is 1.34. The molecule has 0 saturated carbocycles. The largest absolute Gasteiger partial charge is 0.478 e. The molecular formula is C27H20N2O7. The van der Waals surface area contributed by atoms with Crippen LogP contribution in [0.15, 0.2) is 82.2 Å². The topological polar surface area (TPSA) is 122 Å². The van der Waals surface area contributed by atoms with Crippen LogP contribution >= 0.6 is 0 Å². The average Bonchev–Trinajstić information content (AvgIpc) is 3.33. The SMILES string of the molecule is N#Cc1cccc(Oc2ccc3c(=O)c(CC4CN(Cc5ccc(C(=O)O)cc5)OO4)coc3c2)c1. The summed E-state index contributed by atoms with van der Waals surface area (Å²) in [4.78, 5) is 34.7. The van der Waals surface area contributed by atoms with E-state index in [-0.39, 0.29) is 17.1 Å². The van der Waals surface area contributed by atoms with E-state index < -0.39 is 5.97 Å². The van der Waals surface area contributed by atoms with Gasteiger partial charge in [-0.3, -0.25) is 4.79 Å². The van der Waals surface area contributed by atoms with Crippen LogP contribution in [-0.4, -0.2) is 28.8 Å². The third-order valence-electron chi connectivity index (χ3n) is 5.72. The Morgan fingerprint density at radius 3 is 2.69 bits per heavy atom. The summed E-state index contributed by atoms with van der Waals surface area (Å²) >= 11 is 0. The van der Waals surface area contributed by atoms with Crippen molar-refractivity contribution in [2.75, 3.05) is 6.54 Å². The van der Waals surface area contributed by atoms with E-state index in [1.807, 2.05) is 0 Å². The van der Waals surface area contributed by atoms with E-state index in [0.29, 0.717) is 53.1 Å². The first kappa shape index (κ1) is 23.3. The van der Waals surface area contributed by atoms with Crippen LogP contribution in [-0.2, 0) is 22.8 Å². The quantitative estimate of drug-likeness (QED) is 0.379. The summed E-state index contributed by atoms with van der Waals surface area (Å²) in [5.74, 6) is 0.00639. The van der Waals surface area contributed by atoms with Crippen molar-refractivity contribution in [3.63, 3.8) is 0 Å². The first-order valence-corrected chi connectivity index (χ1v) is 11.1. The minimum Gasteiger partial charge on any atom is -0.478 e. The van der Waals surface area contributed by atoms with Gasteiger partial charge in [0.25, 0.3) is 0 Å². The lowest BCUT2D eigenvalue weighted by Gasteiger charge is -2.11. The molecule has 0 aliphatic carbocycles. The molecule has 9 nitrogen and oxygen atoms in total. The Bertz CT molecular complexity index is 1520. The predicted molar refractivity (Wildman–Crippen MR) is 127 cm³/mol. The molecule has 1 fully saturated rings. The normalized spacial score (nSPS) is 15.6. The summed E-state index contributed by atoms with van der Waals surface area (Å²) in [6, 6.07) is 20.3. The Morgan fingerprint density at radius 1 is 1.11 bits per heavy atom. The molecule has 1 N–H and O–H groups in total. The lowest BCUT2D eigenvalue weighted by molar-refractivity contribution is -0.385. The molecule has 1 saturated heterocycles. The molecule has 36 heavy (non-hydrogen) atoms. The van der Waals surface area contributed by atoms with E-state index in [1.54, 1.807) is 59.7 Å². The minimum absolute atomic E-state index is 0.166. The molecule has 1 unspecified atom stereocenters. The van der Waals surface area contributed by atoms with Gasteiger partial charge in [-0.25, -0.2) is 9.68 Å². The summed E-state index contributed by atoms with van der Waals surface area (Å²) in [7, 11) is 0. The van der Waals surface area contributed by atoms with Gasteiger partial charge in [-0.05, 0) is 48.0 Å². The van der Waals surface area contributed by atoms with E-state index in [1.165, 1.54) is 18.4 Å². The number of hydrogen-bond acceptors (Lipinski definition) is 8. The zero-order chi connectivity index (χ0) is 25.1. The zero-order valence-corrected chi connectivity index (χ0v) is 18.9. The highest BCUT2D eigenvalue weighted by atomic mass is 17.3. The molecule has 1 atom stereocenters. The van der Waals surface area contributed by atoms with Crippen LogP contribution in [0.2, 0.25) is 0 Å². The number of ether oxygens (including phenoxy) is 1. The molecule has 4 aromatic rings. The molecule has 0 radical (unpaired) electrons. The third kappa shape index (κ3) is 5.11. The van der Waals surface area contributed by atoms with Gasteiger partial charge in [-0.1, -0.05) is 18.2 Å². The molecule has 0 bridgehead atoms. The first-order valence-electron chi connectivity index (χ1n) is 11.1. The Labute approximate surface area is 205 Å². The van der Waals surface area contributed by atoms with Crippen LogP contribution in [0.25, 0.3) is 11.0 Å². The van der Waals surface area contributed by atoms with Gasteiger partial charge < -0.3 is 14.3 Å². The van der Waals surface area contributed by atoms with Gasteiger partial charge in [0.05, 0.1) is 41.9 Å². The predicted octanol–water partition coefficient (Wildman–Crippen LogP) is 4.45. The maximum atomic E-state index is 13.0. The van der Waals surface area contributed by atoms with Crippen LogP contribution in [0.5, 0.6) is 11.5 Å². The standard InChI is InChI=1S/C27H20N2O7/c28-13-18-2-1-3-21(10-18)34-22-8-9-24-25(12-22)33-16-20(26(24)30)11-23-15-29(36-35-23)14-17-4-6-19(7-5-17)27(31)32/h1-10,12,16,23H,11,14-15H2,(H,31,32). The van der Waals surface area contributed by atoms with E-state index in [0.717, 1.165) is 5.56 Å². The van der Waals surface area contributed by atoms with Gasteiger partial charge in [0.15, 0.2) is 5.43 Å². The molecule has 1 aliphatic heterocycles. The van der Waals surface area contributed by atoms with Crippen LogP contribution in [0.3, 0.4) is 0 Å². The highest BCUT2D eigenvalue weighted by Crippen LogP contribution is 2.26. The molecule has 0 amide bonds. The number of nitrogens with zero attached hydrogens (tertiary/aromatic N) is 2. The van der Waals surface area contributed by atoms with Crippen LogP contribution in [0.1, 0.15) is 27.0 Å². The second-order valence-corrected chi connectivity index (χ2v) is 8.31. The molecule has 3 aromatic carbocycles. The molecule has 1 aromatic heterocycles. The zero-order valence-electron chi connectivity index (χ0n) is 18.9. The van der Waals surface area contributed by atoms with Crippen molar-refractivity contribution in [1.82, 2.24) is 5.06 Å². The summed E-state index contributed by atoms with van der Waals surface area (Å²) in [5.41, 5.74) is 2.24. The molecule has 5 rings (SSSR count). The highest BCUT2D eigenvalue weighted by molar-refractivity contribution is 5.87. The number of nitriles is 1. The molecule has 180 valence electrons. The van der Waals surface area contributed by atoms with Gasteiger partial charge >= 0.3 is 5.97 Å². The third-order valence-corrected chi connectivity index (χ3v) is 5.72. The summed E-state index contributed by atoms with van der Waals surface area (Å²) in [6.45, 7) is 0.829. The molecule has 9 heteroatoms. The number of carboxylic acid groups (broad SMARTS) is 1. The maximum Gasteiger partial charge on any atom is 0.335 e. The van der Waals surface area contributed by atoms with Crippen molar-refractivity contribution in [2.45, 2.75) is 19.1 Å². The van der Waals surface area contributed by atoms with Crippen molar-refractivity contribution in [3.8, 4) is 17.6 Å². The smallest absolute Gasteiger partial charge is 0.335 e. The number of aromatic carboxylic acids is 1. The van der Waals surface area contributed by atoms with Crippen LogP contribution in [0, 0.1) is 11.3 Å². The summed E-state index contributed by atoms with van der Waals surface area (Å²) in [5, 5.41) is 20.1. The number of hydroxylamine groups is 2. The molecule has 2 heterocycles. The van der Waals surface area contributed by atoms with Crippen LogP contribution < -0.4 is 10.2 Å². The van der Waals surface area contributed by atoms with E-state index in [4.69, 9.17) is 29.4 Å². The fourth-order valence-corrected chi connectivity index (χ4v) is 3.92. The van der Waals surface area contributed by atoms with E-state index >= 15 is 0 Å². The Kier molecular flexibility index (Phi) is 6.47. The van der Waals surface area contributed by atoms with Gasteiger partial charge in [-0.2, -0.15) is 5.26 Å². The second kappa shape index (κ2) is 10.0. The Hall–Kier alpha value is -4.49. The Morgan fingerprint density at radius 2 is 1.92 bits per heavy atom. The molecular weight excluding hydrogens is 464 g/mol. The van der Waals surface area contributed by atoms with Gasteiger partial charge in [0.2, 0.25) is 0 Å². The molecule has 0 spiro atoms. The summed E-state index contributed by atoms with van der Waals surface area (Å²) < 4.78 is 11.5. The van der Waals surface area contributed by atoms with Crippen molar-refractivity contribution in [2.24, 2.45) is 0 Å². The maximum absolute atomic E-state index is 13.0. The van der Waals surface area contributed by atoms with Gasteiger partial charge in [0, 0.05) is 18.1 Å². The fourth-order valence-electron chi connectivity index (χ4n) is 3.92. The highest BCUT2D eigenvalue weighted by Gasteiger charge is 2.27. The van der Waals surface area contributed by atoms with E-state index in [9.17, 15) is 9.59 Å². The van der Waals surface area contributed by atoms with E-state index in [2.05, 4.69) is 6.07 Å². The first-order chi connectivity index (χ1) is 17.5. The number of carbonyl (C=O) groups is 1. The monoisotopic (exact) mass is 484 g/mol. The fraction of sp³-hybridized carbons (Fsp3) is 0.148. The van der Waals surface area contributed by atoms with Gasteiger partial charge in [0.1, 0.15) is 23.2 Å². The van der Waals surface area contributed by atoms with Crippen molar-refractivity contribution in [1.29, 1.82) is 5.26 Å². The lowest BCUT2D eigenvalue weighted by Crippen LogP contribution is -2.24. The van der Waals surface area contributed by atoms with Crippen molar-refractivity contribution >= 4 is 16.9 Å². The van der Waals surface area contributed by atoms with Gasteiger partial charge in [-0.15, -0.1) is 10.1 Å². The minimum atomic E-state index is -0.981. The van der Waals surface area contributed by atoms with Crippen molar-refractivity contribution in [3.05, 3.63) is 105 Å². The van der Waals surface area contributed by atoms with Crippen molar-refractivity contribution < 1.29 is 28.9 Å². The number of benzene rings is 3. The lowest BCUT2D eigenvalue weighted by atomic mass is 10.1. The number of carboxylic acids is 1.